The largest absolute Gasteiger partial charge is 0.493 e. The molecule has 2 aromatic rings. The van der Waals surface area contributed by atoms with Crippen LogP contribution in [0.2, 0.25) is 0 Å². The lowest BCUT2D eigenvalue weighted by Gasteiger charge is -2.13. The molecule has 7 heteroatoms. The van der Waals surface area contributed by atoms with Crippen molar-refractivity contribution in [3.8, 4) is 34.6 Å². The molecule has 1 aromatic heterocycles. The van der Waals surface area contributed by atoms with Gasteiger partial charge in [0.25, 0.3) is 0 Å². The van der Waals surface area contributed by atoms with Crippen molar-refractivity contribution in [3.63, 3.8) is 0 Å². The van der Waals surface area contributed by atoms with Crippen molar-refractivity contribution >= 4 is 11.8 Å². The molecule has 0 saturated carbocycles. The van der Waals surface area contributed by atoms with Crippen molar-refractivity contribution in [2.75, 3.05) is 27.1 Å². The van der Waals surface area contributed by atoms with Gasteiger partial charge in [0.1, 0.15) is 5.03 Å². The van der Waals surface area contributed by atoms with E-state index in [1.165, 1.54) is 11.8 Å². The number of hydrogen-bond donors (Lipinski definition) is 0. The van der Waals surface area contributed by atoms with Gasteiger partial charge < -0.3 is 14.2 Å². The molecule has 1 aromatic carbocycles. The van der Waals surface area contributed by atoms with E-state index in [1.807, 2.05) is 24.3 Å². The maximum absolute atomic E-state index is 8.57. The highest BCUT2D eigenvalue weighted by Gasteiger charge is 2.14. The molecule has 0 fully saturated rings. The summed E-state index contributed by atoms with van der Waals surface area (Å²) in [6, 6.07) is 9.35. The van der Waals surface area contributed by atoms with Crippen LogP contribution in [0.1, 0.15) is 0 Å². The summed E-state index contributed by atoms with van der Waals surface area (Å²) in [6.45, 7) is 0. The summed E-state index contributed by atoms with van der Waals surface area (Å²) >= 11 is 1.34. The van der Waals surface area contributed by atoms with Gasteiger partial charge in [0, 0.05) is 5.56 Å². The fraction of sp³-hybridized carbons (Fsp3) is 0.267. The zero-order valence-corrected chi connectivity index (χ0v) is 13.3. The summed E-state index contributed by atoms with van der Waals surface area (Å²) in [5, 5.41) is 17.5. The van der Waals surface area contributed by atoms with Crippen LogP contribution >= 0.6 is 11.8 Å². The molecular weight excluding hydrogens is 302 g/mol. The summed E-state index contributed by atoms with van der Waals surface area (Å²) < 4.78 is 15.9. The standard InChI is InChI=1S/C15H15N3O3S/c1-19-12-8-10(9-13(20-2)15(12)21-3)11-4-5-14(18-17-11)22-7-6-16/h4-5,8-9H,7H2,1-3H3. The van der Waals surface area contributed by atoms with Gasteiger partial charge in [0.05, 0.1) is 38.8 Å². The van der Waals surface area contributed by atoms with Crippen molar-refractivity contribution in [1.29, 1.82) is 5.26 Å². The van der Waals surface area contributed by atoms with Crippen LogP contribution in [-0.4, -0.2) is 37.3 Å². The summed E-state index contributed by atoms with van der Waals surface area (Å²) in [7, 11) is 4.68. The Morgan fingerprint density at radius 1 is 1.05 bits per heavy atom. The minimum atomic E-state index is 0.345. The second-order valence-electron chi connectivity index (χ2n) is 4.12. The Kier molecular flexibility index (Phi) is 5.44. The smallest absolute Gasteiger partial charge is 0.203 e. The van der Waals surface area contributed by atoms with Gasteiger partial charge in [0.15, 0.2) is 11.5 Å². The first-order valence-corrected chi connectivity index (χ1v) is 7.36. The number of rotatable bonds is 6. The van der Waals surface area contributed by atoms with Crippen LogP contribution < -0.4 is 14.2 Å². The number of nitrogens with zero attached hydrogens (tertiary/aromatic N) is 3. The van der Waals surface area contributed by atoms with Crippen LogP contribution in [-0.2, 0) is 0 Å². The van der Waals surface area contributed by atoms with E-state index in [0.717, 1.165) is 5.56 Å². The molecule has 1 heterocycles. The minimum absolute atomic E-state index is 0.345. The van der Waals surface area contributed by atoms with Crippen LogP contribution in [0, 0.1) is 11.3 Å². The number of methoxy groups -OCH3 is 3. The fourth-order valence-corrected chi connectivity index (χ4v) is 2.36. The van der Waals surface area contributed by atoms with Gasteiger partial charge in [-0.25, -0.2) is 0 Å². The highest BCUT2D eigenvalue weighted by atomic mass is 32.2. The Hall–Kier alpha value is -2.46. The maximum Gasteiger partial charge on any atom is 0.203 e. The molecule has 0 aliphatic heterocycles. The molecule has 0 N–H and O–H groups in total. The average molecular weight is 317 g/mol. The fourth-order valence-electron chi connectivity index (χ4n) is 1.89. The third kappa shape index (κ3) is 3.40. The first-order chi connectivity index (χ1) is 10.7. The maximum atomic E-state index is 8.57. The van der Waals surface area contributed by atoms with Crippen molar-refractivity contribution < 1.29 is 14.2 Å². The molecule has 0 spiro atoms. The van der Waals surface area contributed by atoms with Gasteiger partial charge in [-0.2, -0.15) is 5.26 Å². The normalized spacial score (nSPS) is 9.91. The topological polar surface area (TPSA) is 77.3 Å². The Morgan fingerprint density at radius 2 is 1.73 bits per heavy atom. The molecule has 0 saturated heterocycles. The van der Waals surface area contributed by atoms with Gasteiger partial charge in [-0.05, 0) is 24.3 Å². The molecule has 0 aliphatic carbocycles. The lowest BCUT2D eigenvalue weighted by Crippen LogP contribution is -1.97. The molecule has 22 heavy (non-hydrogen) atoms. The van der Waals surface area contributed by atoms with E-state index in [-0.39, 0.29) is 0 Å². The molecule has 0 bridgehead atoms. The molecule has 2 rings (SSSR count). The van der Waals surface area contributed by atoms with E-state index < -0.39 is 0 Å². The molecule has 0 unspecified atom stereocenters. The lowest BCUT2D eigenvalue weighted by molar-refractivity contribution is 0.324. The van der Waals surface area contributed by atoms with Gasteiger partial charge in [-0.1, -0.05) is 11.8 Å². The van der Waals surface area contributed by atoms with Crippen molar-refractivity contribution in [3.05, 3.63) is 24.3 Å². The molecular formula is C15H15N3O3S. The van der Waals surface area contributed by atoms with Crippen molar-refractivity contribution in [2.24, 2.45) is 0 Å². The zero-order chi connectivity index (χ0) is 15.9. The summed E-state index contributed by atoms with van der Waals surface area (Å²) in [5.74, 6) is 1.99. The zero-order valence-electron chi connectivity index (χ0n) is 12.5. The predicted octanol–water partition coefficient (Wildman–Crippen LogP) is 2.79. The molecule has 114 valence electrons. The van der Waals surface area contributed by atoms with E-state index in [9.17, 15) is 0 Å². The number of thioether (sulfide) groups is 1. The van der Waals surface area contributed by atoms with Gasteiger partial charge in [0.2, 0.25) is 5.75 Å². The number of aromatic nitrogens is 2. The highest BCUT2D eigenvalue weighted by molar-refractivity contribution is 7.99. The van der Waals surface area contributed by atoms with Crippen LogP contribution in [0.25, 0.3) is 11.3 Å². The minimum Gasteiger partial charge on any atom is -0.493 e. The van der Waals surface area contributed by atoms with Crippen LogP contribution in [0.4, 0.5) is 0 Å². The quantitative estimate of drug-likeness (QED) is 0.758. The Bertz CT molecular complexity index is 658. The van der Waals surface area contributed by atoms with Crippen molar-refractivity contribution in [2.45, 2.75) is 5.03 Å². The van der Waals surface area contributed by atoms with E-state index in [4.69, 9.17) is 19.5 Å². The van der Waals surface area contributed by atoms with Crippen LogP contribution in [0.3, 0.4) is 0 Å². The average Bonchev–Trinajstić information content (AvgIpc) is 2.58. The van der Waals surface area contributed by atoms with E-state index in [2.05, 4.69) is 16.3 Å². The molecule has 6 nitrogen and oxygen atoms in total. The Morgan fingerprint density at radius 3 is 2.18 bits per heavy atom. The van der Waals surface area contributed by atoms with E-state index in [1.54, 1.807) is 21.3 Å². The first kappa shape index (κ1) is 15.9. The number of hydrogen-bond acceptors (Lipinski definition) is 7. The van der Waals surface area contributed by atoms with Gasteiger partial charge in [-0.3, -0.25) is 0 Å². The van der Waals surface area contributed by atoms with Crippen LogP contribution in [0.5, 0.6) is 17.2 Å². The molecule has 0 radical (unpaired) electrons. The first-order valence-electron chi connectivity index (χ1n) is 6.37. The number of benzene rings is 1. The van der Waals surface area contributed by atoms with Gasteiger partial charge in [-0.15, -0.1) is 10.2 Å². The Balaban J connectivity index is 2.38. The summed E-state index contributed by atoms with van der Waals surface area (Å²) in [6.07, 6.45) is 0. The van der Waals surface area contributed by atoms with Crippen LogP contribution in [0.15, 0.2) is 29.3 Å². The second-order valence-corrected chi connectivity index (χ2v) is 5.11. The number of nitriles is 1. The van der Waals surface area contributed by atoms with E-state index in [0.29, 0.717) is 33.7 Å². The second kappa shape index (κ2) is 7.52. The molecule has 0 atom stereocenters. The van der Waals surface area contributed by atoms with Gasteiger partial charge >= 0.3 is 0 Å². The molecule has 0 aliphatic rings. The Labute approximate surface area is 133 Å². The SMILES string of the molecule is COc1cc(-c2ccc(SCC#N)nn2)cc(OC)c1OC. The van der Waals surface area contributed by atoms with E-state index >= 15 is 0 Å². The molecule has 0 amide bonds. The third-order valence-electron chi connectivity index (χ3n) is 2.89. The monoisotopic (exact) mass is 317 g/mol. The third-order valence-corrected chi connectivity index (χ3v) is 3.67. The van der Waals surface area contributed by atoms with Crippen molar-refractivity contribution in [1.82, 2.24) is 10.2 Å². The number of ether oxygens (including phenoxy) is 3. The lowest BCUT2D eigenvalue weighted by atomic mass is 10.1. The highest BCUT2D eigenvalue weighted by Crippen LogP contribution is 2.40. The summed E-state index contributed by atoms with van der Waals surface area (Å²) in [5.41, 5.74) is 1.49. The summed E-state index contributed by atoms with van der Waals surface area (Å²) in [4.78, 5) is 0. The predicted molar refractivity (Wildman–Crippen MR) is 83.5 cm³/mol.